The zero-order valence-corrected chi connectivity index (χ0v) is 18.9. The van der Waals surface area contributed by atoms with E-state index in [9.17, 15) is 4.79 Å². The lowest BCUT2D eigenvalue weighted by molar-refractivity contribution is 0.0240. The highest BCUT2D eigenvalue weighted by Gasteiger charge is 2.27. The zero-order chi connectivity index (χ0) is 20.6. The Kier molecular flexibility index (Phi) is 8.96. The minimum atomic E-state index is -0.453. The number of piperazine rings is 1. The van der Waals surface area contributed by atoms with Crippen LogP contribution in [0.4, 0.5) is 10.5 Å². The van der Waals surface area contributed by atoms with Gasteiger partial charge >= 0.3 is 6.09 Å². The lowest BCUT2D eigenvalue weighted by Gasteiger charge is -2.37. The van der Waals surface area contributed by atoms with Crippen LogP contribution in [0.1, 0.15) is 46.1 Å². The summed E-state index contributed by atoms with van der Waals surface area (Å²) in [6, 6.07) is 6.59. The van der Waals surface area contributed by atoms with E-state index in [1.54, 1.807) is 7.11 Å². The molecule has 28 heavy (non-hydrogen) atoms. The molecule has 0 aliphatic carbocycles. The third-order valence-electron chi connectivity index (χ3n) is 4.69. The highest BCUT2D eigenvalue weighted by Crippen LogP contribution is 2.32. The molecule has 5 nitrogen and oxygen atoms in total. The minimum Gasteiger partial charge on any atom is -0.444 e. The summed E-state index contributed by atoms with van der Waals surface area (Å²) < 4.78 is 10.9. The number of benzene rings is 1. The Morgan fingerprint density at radius 3 is 2.50 bits per heavy atom. The van der Waals surface area contributed by atoms with Crippen molar-refractivity contribution in [3.8, 4) is 0 Å². The molecule has 1 aromatic rings. The molecule has 1 aliphatic heterocycles. The van der Waals surface area contributed by atoms with E-state index in [1.165, 1.54) is 29.0 Å². The van der Waals surface area contributed by atoms with Crippen molar-refractivity contribution in [2.45, 2.75) is 57.5 Å². The first-order chi connectivity index (χ1) is 13.4. The Balaban J connectivity index is 2.08. The van der Waals surface area contributed by atoms with Crippen molar-refractivity contribution in [2.75, 3.05) is 50.5 Å². The first-order valence-corrected chi connectivity index (χ1v) is 11.3. The van der Waals surface area contributed by atoms with Gasteiger partial charge in [-0.15, -0.1) is 11.8 Å². The van der Waals surface area contributed by atoms with Crippen molar-refractivity contribution < 1.29 is 14.3 Å². The van der Waals surface area contributed by atoms with Crippen LogP contribution in [0.5, 0.6) is 0 Å². The molecule has 1 saturated heterocycles. The van der Waals surface area contributed by atoms with E-state index >= 15 is 0 Å². The number of thioether (sulfide) groups is 1. The van der Waals surface area contributed by atoms with E-state index in [2.05, 4.69) is 30.0 Å². The summed E-state index contributed by atoms with van der Waals surface area (Å²) in [6.07, 6.45) is 3.14. The van der Waals surface area contributed by atoms with Crippen LogP contribution >= 0.6 is 11.8 Å². The Labute approximate surface area is 174 Å². The topological polar surface area (TPSA) is 42.0 Å². The number of hydrogen-bond donors (Lipinski definition) is 0. The second-order valence-corrected chi connectivity index (χ2v) is 9.29. The molecule has 1 aliphatic rings. The summed E-state index contributed by atoms with van der Waals surface area (Å²) in [5, 5.41) is 0. The number of ether oxygens (including phenoxy) is 2. The van der Waals surface area contributed by atoms with Crippen LogP contribution in [-0.2, 0) is 15.9 Å². The smallest absolute Gasteiger partial charge is 0.410 e. The van der Waals surface area contributed by atoms with Gasteiger partial charge in [0, 0.05) is 43.9 Å². The summed E-state index contributed by atoms with van der Waals surface area (Å²) in [5.41, 5.74) is 2.20. The molecule has 1 fully saturated rings. The van der Waals surface area contributed by atoms with Crippen LogP contribution in [0, 0.1) is 0 Å². The van der Waals surface area contributed by atoms with Crippen molar-refractivity contribution in [3.05, 3.63) is 23.8 Å². The normalized spacial score (nSPS) is 15.0. The third kappa shape index (κ3) is 6.89. The van der Waals surface area contributed by atoms with Gasteiger partial charge in [0.25, 0.3) is 0 Å². The van der Waals surface area contributed by atoms with Crippen molar-refractivity contribution in [1.29, 1.82) is 0 Å². The fourth-order valence-corrected chi connectivity index (χ4v) is 4.43. The number of nitrogens with zero attached hydrogens (tertiary/aromatic N) is 2. The molecule has 0 unspecified atom stereocenters. The predicted octanol–water partition coefficient (Wildman–Crippen LogP) is 4.82. The van der Waals surface area contributed by atoms with Crippen LogP contribution in [0.15, 0.2) is 23.1 Å². The molecule has 2 rings (SSSR count). The van der Waals surface area contributed by atoms with Gasteiger partial charge in [-0.1, -0.05) is 19.4 Å². The van der Waals surface area contributed by atoms with Crippen molar-refractivity contribution in [3.63, 3.8) is 0 Å². The van der Waals surface area contributed by atoms with Gasteiger partial charge in [-0.2, -0.15) is 0 Å². The number of unbranched alkanes of at least 4 members (excludes halogenated alkanes) is 1. The molecule has 0 bridgehead atoms. The lowest BCUT2D eigenvalue weighted by Crippen LogP contribution is -2.50. The largest absolute Gasteiger partial charge is 0.444 e. The first kappa shape index (κ1) is 22.9. The van der Waals surface area contributed by atoms with Crippen molar-refractivity contribution in [2.24, 2.45) is 0 Å². The van der Waals surface area contributed by atoms with Crippen LogP contribution in [0.3, 0.4) is 0 Å². The highest BCUT2D eigenvalue weighted by atomic mass is 32.2. The molecule has 6 heteroatoms. The lowest BCUT2D eigenvalue weighted by atomic mass is 10.1. The fraction of sp³-hybridized carbons (Fsp3) is 0.682. The highest BCUT2D eigenvalue weighted by molar-refractivity contribution is 7.99. The van der Waals surface area contributed by atoms with Crippen LogP contribution in [0.2, 0.25) is 0 Å². The first-order valence-electron chi connectivity index (χ1n) is 10.3. The molecule has 0 saturated carbocycles. The standard InChI is InChI=1S/C22H36N2O3S/c1-6-7-17-28-20-10-8-9-19(18(20)11-16-26-5)23-12-14-24(15-13-23)21(25)27-22(2,3)4/h8-10H,6-7,11-17H2,1-5H3. The van der Waals surface area contributed by atoms with E-state index in [4.69, 9.17) is 9.47 Å². The Morgan fingerprint density at radius 2 is 1.89 bits per heavy atom. The predicted molar refractivity (Wildman–Crippen MR) is 118 cm³/mol. The summed E-state index contributed by atoms with van der Waals surface area (Å²) in [6.45, 7) is 11.7. The number of amides is 1. The van der Waals surface area contributed by atoms with Gasteiger partial charge < -0.3 is 19.3 Å². The number of hydrogen-bond acceptors (Lipinski definition) is 5. The molecule has 0 N–H and O–H groups in total. The van der Waals surface area contributed by atoms with E-state index in [0.29, 0.717) is 13.1 Å². The molecule has 0 atom stereocenters. The molecule has 0 spiro atoms. The van der Waals surface area contributed by atoms with Gasteiger partial charge in [0.15, 0.2) is 0 Å². The van der Waals surface area contributed by atoms with Gasteiger partial charge in [0.05, 0.1) is 6.61 Å². The van der Waals surface area contributed by atoms with E-state index in [1.807, 2.05) is 37.4 Å². The summed E-state index contributed by atoms with van der Waals surface area (Å²) >= 11 is 1.95. The SMILES string of the molecule is CCCCSc1cccc(N2CCN(C(=O)OC(C)(C)C)CC2)c1CCOC. The number of anilines is 1. The summed E-state index contributed by atoms with van der Waals surface area (Å²) in [5.74, 6) is 1.15. The van der Waals surface area contributed by atoms with E-state index < -0.39 is 5.60 Å². The Bertz CT molecular complexity index is 623. The minimum absolute atomic E-state index is 0.212. The maximum atomic E-state index is 12.3. The average molecular weight is 409 g/mol. The quantitative estimate of drug-likeness (QED) is 0.455. The van der Waals surface area contributed by atoms with E-state index in [-0.39, 0.29) is 6.09 Å². The number of carbonyl (C=O) groups is 1. The molecule has 0 radical (unpaired) electrons. The van der Waals surface area contributed by atoms with Crippen molar-refractivity contribution >= 4 is 23.5 Å². The molecular formula is C22H36N2O3S. The van der Waals surface area contributed by atoms with Gasteiger partial charge in [-0.25, -0.2) is 4.79 Å². The summed E-state index contributed by atoms with van der Waals surface area (Å²) in [7, 11) is 1.76. The maximum absolute atomic E-state index is 12.3. The van der Waals surface area contributed by atoms with Gasteiger partial charge in [0.1, 0.15) is 5.60 Å². The summed E-state index contributed by atoms with van der Waals surface area (Å²) in [4.78, 5) is 17.9. The van der Waals surface area contributed by atoms with Crippen LogP contribution in [-0.4, -0.2) is 62.2 Å². The Morgan fingerprint density at radius 1 is 1.18 bits per heavy atom. The zero-order valence-electron chi connectivity index (χ0n) is 18.1. The van der Waals surface area contributed by atoms with Gasteiger partial charge in [0.2, 0.25) is 0 Å². The molecular weight excluding hydrogens is 372 g/mol. The second-order valence-electron chi connectivity index (χ2n) is 8.15. The van der Waals surface area contributed by atoms with Crippen molar-refractivity contribution in [1.82, 2.24) is 4.90 Å². The number of rotatable bonds is 8. The molecule has 1 amide bonds. The average Bonchev–Trinajstić information content (AvgIpc) is 2.65. The van der Waals surface area contributed by atoms with Crippen LogP contribution < -0.4 is 4.90 Å². The fourth-order valence-electron chi connectivity index (χ4n) is 3.22. The molecule has 158 valence electrons. The third-order valence-corrected chi connectivity index (χ3v) is 5.88. The van der Waals surface area contributed by atoms with Gasteiger partial charge in [-0.05, 0) is 57.1 Å². The molecule has 1 heterocycles. The second kappa shape index (κ2) is 11.0. The molecule has 1 aromatic carbocycles. The number of methoxy groups -OCH3 is 1. The van der Waals surface area contributed by atoms with E-state index in [0.717, 1.165) is 31.9 Å². The monoisotopic (exact) mass is 408 g/mol. The van der Waals surface area contributed by atoms with Crippen LogP contribution in [0.25, 0.3) is 0 Å². The number of carbonyl (C=O) groups excluding carboxylic acids is 1. The maximum Gasteiger partial charge on any atom is 0.410 e. The Hall–Kier alpha value is -1.40. The molecule has 0 aromatic heterocycles. The van der Waals surface area contributed by atoms with Gasteiger partial charge in [-0.3, -0.25) is 0 Å².